The maximum Gasteiger partial charge on any atom is 0.260 e. The van der Waals surface area contributed by atoms with Crippen LogP contribution in [0.5, 0.6) is 5.75 Å². The Morgan fingerprint density at radius 2 is 2.19 bits per heavy atom. The number of nitrogens with two attached hydrogens (primary N) is 1. The van der Waals surface area contributed by atoms with Gasteiger partial charge in [-0.25, -0.2) is 0 Å². The first kappa shape index (κ1) is 18.1. The first-order valence-corrected chi connectivity index (χ1v) is 7.40. The van der Waals surface area contributed by atoms with E-state index in [1.165, 1.54) is 0 Å². The Hall–Kier alpha value is -0.970. The third-order valence-corrected chi connectivity index (χ3v) is 3.98. The zero-order chi connectivity index (χ0) is 14.5. The van der Waals surface area contributed by atoms with E-state index in [9.17, 15) is 4.79 Å². The molecule has 0 aliphatic carbocycles. The van der Waals surface area contributed by atoms with E-state index in [0.717, 1.165) is 25.8 Å². The highest BCUT2D eigenvalue weighted by atomic mass is 35.5. The summed E-state index contributed by atoms with van der Waals surface area (Å²) < 4.78 is 5.52. The van der Waals surface area contributed by atoms with E-state index in [1.54, 1.807) is 12.1 Å². The lowest BCUT2D eigenvalue weighted by Gasteiger charge is -2.38. The molecule has 0 radical (unpaired) electrons. The predicted molar refractivity (Wildman–Crippen MR) is 87.2 cm³/mol. The van der Waals surface area contributed by atoms with Crippen LogP contribution in [-0.2, 0) is 4.79 Å². The molecule has 118 valence electrons. The summed E-state index contributed by atoms with van der Waals surface area (Å²) >= 11 is 6.00. The normalized spacial score (nSPS) is 19.6. The van der Waals surface area contributed by atoms with Gasteiger partial charge in [-0.2, -0.15) is 0 Å². The van der Waals surface area contributed by atoms with Gasteiger partial charge in [-0.05, 0) is 38.3 Å². The van der Waals surface area contributed by atoms with Crippen molar-refractivity contribution in [2.75, 3.05) is 13.2 Å². The average Bonchev–Trinajstić information content (AvgIpc) is 2.46. The average molecular weight is 333 g/mol. The van der Waals surface area contributed by atoms with Crippen molar-refractivity contribution in [2.24, 2.45) is 5.73 Å². The molecule has 1 aliphatic heterocycles. The molecule has 1 saturated heterocycles. The summed E-state index contributed by atoms with van der Waals surface area (Å²) in [7, 11) is 0. The number of piperidine rings is 1. The van der Waals surface area contributed by atoms with Crippen LogP contribution < -0.4 is 10.5 Å². The third kappa shape index (κ3) is 4.77. The third-order valence-electron chi connectivity index (χ3n) is 3.66. The number of likely N-dealkylation sites (tertiary alicyclic amines) is 1. The summed E-state index contributed by atoms with van der Waals surface area (Å²) in [6, 6.07) is 7.26. The largest absolute Gasteiger partial charge is 0.482 e. The minimum atomic E-state index is -0.0214. The molecule has 0 aromatic heterocycles. The highest BCUT2D eigenvalue weighted by Gasteiger charge is 2.29. The topological polar surface area (TPSA) is 55.6 Å². The summed E-state index contributed by atoms with van der Waals surface area (Å²) in [6.45, 7) is 2.72. The van der Waals surface area contributed by atoms with Crippen molar-refractivity contribution in [1.29, 1.82) is 0 Å². The van der Waals surface area contributed by atoms with Crippen LogP contribution in [0.25, 0.3) is 0 Å². The van der Waals surface area contributed by atoms with E-state index < -0.39 is 0 Å². The van der Waals surface area contributed by atoms with Crippen molar-refractivity contribution in [3.63, 3.8) is 0 Å². The molecule has 0 saturated carbocycles. The maximum atomic E-state index is 12.3. The first-order chi connectivity index (χ1) is 9.59. The van der Waals surface area contributed by atoms with Gasteiger partial charge in [0.2, 0.25) is 0 Å². The van der Waals surface area contributed by atoms with Crippen molar-refractivity contribution in [3.05, 3.63) is 29.3 Å². The van der Waals surface area contributed by atoms with Gasteiger partial charge in [0.1, 0.15) is 5.75 Å². The molecule has 6 heteroatoms. The van der Waals surface area contributed by atoms with E-state index in [-0.39, 0.29) is 37.0 Å². The smallest absolute Gasteiger partial charge is 0.260 e. The number of benzene rings is 1. The van der Waals surface area contributed by atoms with E-state index in [0.29, 0.717) is 10.8 Å². The second-order valence-electron chi connectivity index (χ2n) is 5.23. The van der Waals surface area contributed by atoms with Gasteiger partial charge >= 0.3 is 0 Å². The number of carbonyl (C=O) groups excluding carboxylic acids is 1. The molecule has 2 atom stereocenters. The highest BCUT2D eigenvalue weighted by molar-refractivity contribution is 6.32. The number of nitrogens with zero attached hydrogens (tertiary/aromatic N) is 1. The second kappa shape index (κ2) is 8.47. The summed E-state index contributed by atoms with van der Waals surface area (Å²) in [5, 5.41) is 0.516. The Bertz CT molecular complexity index is 469. The van der Waals surface area contributed by atoms with Gasteiger partial charge in [-0.15, -0.1) is 12.4 Å². The predicted octanol–water partition coefficient (Wildman–Crippen LogP) is 2.87. The fourth-order valence-corrected chi connectivity index (χ4v) is 2.79. The zero-order valence-corrected chi connectivity index (χ0v) is 13.7. The van der Waals surface area contributed by atoms with Crippen LogP contribution in [0, 0.1) is 0 Å². The van der Waals surface area contributed by atoms with Crippen LogP contribution in [0.4, 0.5) is 0 Å². The first-order valence-electron chi connectivity index (χ1n) is 7.02. The molecule has 1 amide bonds. The Kier molecular flexibility index (Phi) is 7.29. The molecular formula is C15H22Cl2N2O2. The lowest BCUT2D eigenvalue weighted by molar-refractivity contribution is -0.137. The Morgan fingerprint density at radius 3 is 2.86 bits per heavy atom. The molecule has 4 nitrogen and oxygen atoms in total. The Balaban J connectivity index is 0.00000220. The highest BCUT2D eigenvalue weighted by Crippen LogP contribution is 2.24. The fourth-order valence-electron chi connectivity index (χ4n) is 2.60. The molecule has 2 rings (SSSR count). The molecule has 2 N–H and O–H groups in total. The molecule has 1 aromatic carbocycles. The quantitative estimate of drug-likeness (QED) is 0.922. The molecule has 1 fully saturated rings. The SMILES string of the molecule is CC(N)C1CCCCN1C(=O)COc1ccccc1Cl.Cl. The number of rotatable bonds is 4. The number of amides is 1. The summed E-state index contributed by atoms with van der Waals surface area (Å²) in [5.41, 5.74) is 5.97. The maximum absolute atomic E-state index is 12.3. The van der Waals surface area contributed by atoms with Crippen molar-refractivity contribution in [2.45, 2.75) is 38.3 Å². The summed E-state index contributed by atoms with van der Waals surface area (Å²) in [6.07, 6.45) is 3.12. The molecule has 2 unspecified atom stereocenters. The number of para-hydroxylation sites is 1. The van der Waals surface area contributed by atoms with Gasteiger partial charge in [0, 0.05) is 18.6 Å². The summed E-state index contributed by atoms with van der Waals surface area (Å²) in [4.78, 5) is 14.2. The minimum absolute atomic E-state index is 0. The molecular weight excluding hydrogens is 311 g/mol. The second-order valence-corrected chi connectivity index (χ2v) is 5.64. The van der Waals surface area contributed by atoms with Crippen LogP contribution in [0.3, 0.4) is 0 Å². The summed E-state index contributed by atoms with van der Waals surface area (Å²) in [5.74, 6) is 0.517. The zero-order valence-electron chi connectivity index (χ0n) is 12.1. The molecule has 1 aliphatic rings. The fraction of sp³-hybridized carbons (Fsp3) is 0.533. The standard InChI is InChI=1S/C15H21ClN2O2.ClH/c1-11(17)13-7-4-5-9-18(13)15(19)10-20-14-8-3-2-6-12(14)16;/h2-3,6,8,11,13H,4-5,7,9-10,17H2,1H3;1H. The van der Waals surface area contributed by atoms with Crippen molar-refractivity contribution < 1.29 is 9.53 Å². The molecule has 0 spiro atoms. The molecule has 1 aromatic rings. The van der Waals surface area contributed by atoms with Gasteiger partial charge in [0.25, 0.3) is 5.91 Å². The van der Waals surface area contributed by atoms with Crippen molar-refractivity contribution in [1.82, 2.24) is 4.90 Å². The van der Waals surface area contributed by atoms with Crippen LogP contribution in [-0.4, -0.2) is 36.0 Å². The van der Waals surface area contributed by atoms with Gasteiger partial charge in [0.15, 0.2) is 6.61 Å². The molecule has 21 heavy (non-hydrogen) atoms. The van der Waals surface area contributed by atoms with Gasteiger partial charge in [0.05, 0.1) is 5.02 Å². The van der Waals surface area contributed by atoms with Crippen LogP contribution in [0.1, 0.15) is 26.2 Å². The van der Waals surface area contributed by atoms with Crippen LogP contribution >= 0.6 is 24.0 Å². The van der Waals surface area contributed by atoms with Gasteiger partial charge in [-0.1, -0.05) is 23.7 Å². The number of hydrogen-bond donors (Lipinski definition) is 1. The van der Waals surface area contributed by atoms with Gasteiger partial charge in [-0.3, -0.25) is 4.79 Å². The Morgan fingerprint density at radius 1 is 1.48 bits per heavy atom. The van der Waals surface area contributed by atoms with E-state index >= 15 is 0 Å². The lowest BCUT2D eigenvalue weighted by atomic mass is 9.97. The monoisotopic (exact) mass is 332 g/mol. The molecule has 1 heterocycles. The van der Waals surface area contributed by atoms with Gasteiger partial charge < -0.3 is 15.4 Å². The number of ether oxygens (including phenoxy) is 1. The number of carbonyl (C=O) groups is 1. The number of hydrogen-bond acceptors (Lipinski definition) is 3. The van der Waals surface area contributed by atoms with E-state index in [2.05, 4.69) is 0 Å². The minimum Gasteiger partial charge on any atom is -0.482 e. The van der Waals surface area contributed by atoms with Crippen LogP contribution in [0.15, 0.2) is 24.3 Å². The van der Waals surface area contributed by atoms with Crippen LogP contribution in [0.2, 0.25) is 5.02 Å². The van der Waals surface area contributed by atoms with Crippen molar-refractivity contribution in [3.8, 4) is 5.75 Å². The van der Waals surface area contributed by atoms with Crippen molar-refractivity contribution >= 4 is 29.9 Å². The number of halogens is 2. The van der Waals surface area contributed by atoms with E-state index in [4.69, 9.17) is 22.1 Å². The molecule has 0 bridgehead atoms. The Labute approximate surface area is 137 Å². The van der Waals surface area contributed by atoms with E-state index in [1.807, 2.05) is 24.0 Å². The lowest BCUT2D eigenvalue weighted by Crippen LogP contribution is -2.52.